The third kappa shape index (κ3) is 22.5. The summed E-state index contributed by atoms with van der Waals surface area (Å²) in [6.45, 7) is 4.30. The number of rotatable bonds is 20. The molecule has 0 aliphatic rings. The van der Waals surface area contributed by atoms with Crippen LogP contribution in [-0.4, -0.2) is 50.0 Å². The van der Waals surface area contributed by atoms with E-state index in [1.165, 1.54) is 64.2 Å². The maximum absolute atomic E-state index is 12.1. The third-order valence-electron chi connectivity index (χ3n) is 9.15. The van der Waals surface area contributed by atoms with Crippen molar-refractivity contribution in [3.8, 4) is 11.5 Å². The lowest BCUT2D eigenvalue weighted by atomic mass is 10.1. The van der Waals surface area contributed by atoms with Gasteiger partial charge in [0.1, 0.15) is 11.5 Å². The predicted octanol–water partition coefficient (Wildman–Crippen LogP) is 14.5. The minimum Gasteiger partial charge on any atom is -0.494 e. The fraction of sp³-hybridized carbons (Fsp3) is 0.375. The predicted molar refractivity (Wildman–Crippen MR) is 269 cm³/mol. The zero-order chi connectivity index (χ0) is 50.4. The van der Waals surface area contributed by atoms with Gasteiger partial charge in [0.05, 0.1) is 67.2 Å². The lowest BCUT2D eigenvalue weighted by Gasteiger charge is -2.10. The van der Waals surface area contributed by atoms with Crippen molar-refractivity contribution in [1.82, 2.24) is 0 Å². The highest BCUT2D eigenvalue weighted by Crippen LogP contribution is 2.36. The fourth-order valence-corrected chi connectivity index (χ4v) is 8.85. The lowest BCUT2D eigenvalue weighted by molar-refractivity contribution is -0.259. The molecule has 0 aromatic heterocycles. The van der Waals surface area contributed by atoms with Crippen LogP contribution in [0.15, 0.2) is 90.7 Å². The quantitative estimate of drug-likeness (QED) is 0.0353. The van der Waals surface area contributed by atoms with E-state index in [0.717, 1.165) is 49.7 Å². The molecule has 0 fully saturated rings. The van der Waals surface area contributed by atoms with E-state index >= 15 is 0 Å². The van der Waals surface area contributed by atoms with Gasteiger partial charge in [0, 0.05) is 11.8 Å². The Hall–Kier alpha value is -4.20. The molecule has 370 valence electrons. The smallest absolute Gasteiger partial charge is 0.386 e. The van der Waals surface area contributed by atoms with Gasteiger partial charge in [-0.2, -0.15) is 0 Å². The molecule has 14 nitrogen and oxygen atoms in total. The monoisotopic (exact) mass is 1240 g/mol. The first-order valence-corrected chi connectivity index (χ1v) is 25.5. The van der Waals surface area contributed by atoms with Crippen molar-refractivity contribution in [2.45, 2.75) is 103 Å². The number of ether oxygens (including phenoxy) is 2. The maximum atomic E-state index is 12.1. The van der Waals surface area contributed by atoms with Gasteiger partial charge in [-0.1, -0.05) is 89.5 Å². The molecule has 20 heteroatoms. The van der Waals surface area contributed by atoms with Crippen molar-refractivity contribution in [3.05, 3.63) is 124 Å². The zero-order valence-corrected chi connectivity index (χ0v) is 45.7. The Balaban J connectivity index is 0.000000354. The number of halogens is 6. The van der Waals surface area contributed by atoms with Gasteiger partial charge in [-0.25, -0.2) is 58.1 Å². The second-order valence-corrected chi connectivity index (χ2v) is 18.3. The molecule has 4 rings (SSSR count). The standard InChI is InChI=1S/C16H10Br4O6.C16H12Cl2O4.C16H30O4/c1-23-13-9(17)3-7(4-10(13)18)15(21)25-26-16(22)8-5-11(19)14(24-2)12(20)6-8;17-9-11-1-5-13(6-2-11)15(19)21-22-16(20)14-7-3-12(10-18)4-8-14;1-3-5-7-9-11-13-15(17)19-20-16(18)14-12-10-8-6-4-2/h3-6H,1-2H3;1-8H,9-10H2;3-14H2,1-2H3. The van der Waals surface area contributed by atoms with E-state index in [9.17, 15) is 28.8 Å². The lowest BCUT2D eigenvalue weighted by Crippen LogP contribution is -2.12. The van der Waals surface area contributed by atoms with Crippen LogP contribution in [0.5, 0.6) is 11.5 Å². The van der Waals surface area contributed by atoms with Crippen molar-refractivity contribution in [3.63, 3.8) is 0 Å². The van der Waals surface area contributed by atoms with Gasteiger partial charge in [0.2, 0.25) is 0 Å². The van der Waals surface area contributed by atoms with Gasteiger partial charge in [0.15, 0.2) is 0 Å². The van der Waals surface area contributed by atoms with Crippen LogP contribution in [0.2, 0.25) is 0 Å². The fourth-order valence-electron chi connectivity index (χ4n) is 5.47. The van der Waals surface area contributed by atoms with Crippen LogP contribution in [0.4, 0.5) is 0 Å². The highest BCUT2D eigenvalue weighted by atomic mass is 79.9. The molecule has 0 atom stereocenters. The van der Waals surface area contributed by atoms with Gasteiger partial charge >= 0.3 is 35.8 Å². The van der Waals surface area contributed by atoms with Crippen LogP contribution in [0.25, 0.3) is 0 Å². The van der Waals surface area contributed by atoms with Crippen LogP contribution >= 0.6 is 86.9 Å². The Bertz CT molecular complexity index is 2040. The Morgan fingerprint density at radius 1 is 0.412 bits per heavy atom. The topological polar surface area (TPSA) is 176 Å². The molecule has 4 aromatic carbocycles. The third-order valence-corrected chi connectivity index (χ3v) is 12.1. The number of carbonyl (C=O) groups excluding carboxylic acids is 6. The van der Waals surface area contributed by atoms with Crippen molar-refractivity contribution >= 4 is 123 Å². The molecular formula is C48H52Br4Cl2O14. The molecule has 0 saturated carbocycles. The average Bonchev–Trinajstić information content (AvgIpc) is 3.34. The van der Waals surface area contributed by atoms with Gasteiger partial charge in [0.25, 0.3) is 0 Å². The second kappa shape index (κ2) is 34.2. The molecular weight excluding hydrogens is 1190 g/mol. The Morgan fingerprint density at radius 2 is 0.691 bits per heavy atom. The maximum Gasteiger partial charge on any atom is 0.386 e. The SMILES string of the molecule is CCCCCCCC(=O)OOC(=O)CCCCCCC.COc1c(Br)cc(C(=O)OOC(=O)c2cc(Br)c(OC)c(Br)c2)cc1Br.O=C(OOC(=O)c1ccc(CCl)cc1)c1ccc(CCl)cc1. The number of hydrogen-bond donors (Lipinski definition) is 0. The van der Waals surface area contributed by atoms with Gasteiger partial charge in [-0.05, 0) is 136 Å². The summed E-state index contributed by atoms with van der Waals surface area (Å²) in [5, 5.41) is 0. The van der Waals surface area contributed by atoms with E-state index in [1.54, 1.807) is 48.5 Å². The number of hydrogen-bond acceptors (Lipinski definition) is 14. The molecule has 0 aliphatic carbocycles. The summed E-state index contributed by atoms with van der Waals surface area (Å²) in [6, 6.07) is 18.9. The molecule has 4 aromatic rings. The minimum atomic E-state index is -0.839. The first-order valence-electron chi connectivity index (χ1n) is 21.2. The summed E-state index contributed by atoms with van der Waals surface area (Å²) < 4.78 is 12.5. The summed E-state index contributed by atoms with van der Waals surface area (Å²) in [5.41, 5.74) is 2.59. The molecule has 0 spiro atoms. The Morgan fingerprint density at radius 3 is 0.956 bits per heavy atom. The van der Waals surface area contributed by atoms with E-state index in [0.29, 0.717) is 54.0 Å². The van der Waals surface area contributed by atoms with Crippen LogP contribution in [0.3, 0.4) is 0 Å². The number of unbranched alkanes of at least 4 members (excludes halogenated alkanes) is 8. The summed E-state index contributed by atoms with van der Waals surface area (Å²) in [6.07, 6.45) is 11.3. The van der Waals surface area contributed by atoms with Crippen LogP contribution in [0.1, 0.15) is 143 Å². The molecule has 0 heterocycles. The minimum absolute atomic E-state index is 0.162. The molecule has 68 heavy (non-hydrogen) atoms. The second-order valence-electron chi connectivity index (χ2n) is 14.3. The normalized spacial score (nSPS) is 10.2. The van der Waals surface area contributed by atoms with E-state index in [1.807, 2.05) is 0 Å². The van der Waals surface area contributed by atoms with Crippen molar-refractivity contribution < 1.29 is 67.6 Å². The molecule has 0 aliphatic heterocycles. The first kappa shape index (κ1) is 59.9. The molecule has 0 N–H and O–H groups in total. The van der Waals surface area contributed by atoms with Gasteiger partial charge in [-0.3, -0.25) is 0 Å². The largest absolute Gasteiger partial charge is 0.494 e. The number of carbonyl (C=O) groups is 6. The molecule has 0 saturated heterocycles. The average molecular weight is 1240 g/mol. The van der Waals surface area contributed by atoms with E-state index in [2.05, 4.69) is 107 Å². The van der Waals surface area contributed by atoms with Crippen LogP contribution in [0, 0.1) is 0 Å². The highest BCUT2D eigenvalue weighted by molar-refractivity contribution is 9.11. The number of benzene rings is 4. The summed E-state index contributed by atoms with van der Waals surface area (Å²) in [4.78, 5) is 97.6. The highest BCUT2D eigenvalue weighted by Gasteiger charge is 2.20. The molecule has 0 amide bonds. The summed E-state index contributed by atoms with van der Waals surface area (Å²) in [7, 11) is 2.99. The van der Waals surface area contributed by atoms with E-state index in [4.69, 9.17) is 32.7 Å². The first-order chi connectivity index (χ1) is 32.6. The summed E-state index contributed by atoms with van der Waals surface area (Å²) >= 11 is 24.4. The van der Waals surface area contributed by atoms with Crippen molar-refractivity contribution in [1.29, 1.82) is 0 Å². The van der Waals surface area contributed by atoms with Crippen molar-refractivity contribution in [2.24, 2.45) is 0 Å². The molecule has 0 bridgehead atoms. The van der Waals surface area contributed by atoms with Crippen molar-refractivity contribution in [2.75, 3.05) is 14.2 Å². The van der Waals surface area contributed by atoms with E-state index < -0.39 is 35.8 Å². The van der Waals surface area contributed by atoms with Gasteiger partial charge < -0.3 is 9.47 Å². The Labute approximate surface area is 439 Å². The number of methoxy groups -OCH3 is 2. The van der Waals surface area contributed by atoms with E-state index in [-0.39, 0.29) is 22.3 Å². The van der Waals surface area contributed by atoms with Gasteiger partial charge in [-0.15, -0.1) is 23.2 Å². The van der Waals surface area contributed by atoms with Crippen LogP contribution < -0.4 is 9.47 Å². The number of alkyl halides is 2. The Kier molecular flexibility index (Phi) is 30.1. The molecule has 0 radical (unpaired) electrons. The van der Waals surface area contributed by atoms with Crippen LogP contribution in [-0.2, 0) is 50.7 Å². The summed E-state index contributed by atoms with van der Waals surface area (Å²) in [5.74, 6) is -2.34. The zero-order valence-electron chi connectivity index (χ0n) is 37.8. The molecule has 0 unspecified atom stereocenters.